The van der Waals surface area contributed by atoms with E-state index < -0.39 is 28.0 Å². The molecule has 6 rings (SSSR count). The smallest absolute Gasteiger partial charge is 0.341 e. The minimum Gasteiger partial charge on any atom is -0.462 e. The molecule has 0 saturated heterocycles. The SMILES string of the molecule is CCOC(=O)c1c(NC(=O)C(Sc2cccc(NC(=O)/C(=C\c3ccccc3[N+](=O)[O-])NC(=O)c3ccccc3)c2)c2ccccc2)sc2c1CCC(C)C2. The Morgan fingerprint density at radius 3 is 2.38 bits per heavy atom. The van der Waals surface area contributed by atoms with E-state index in [9.17, 15) is 29.3 Å². The summed E-state index contributed by atoms with van der Waals surface area (Å²) in [6, 6.07) is 30.3. The third-order valence-electron chi connectivity index (χ3n) is 8.88. The largest absolute Gasteiger partial charge is 0.462 e. The average Bonchev–Trinajstić information content (AvgIpc) is 3.54. The van der Waals surface area contributed by atoms with Crippen LogP contribution in [0.25, 0.3) is 6.08 Å². The Morgan fingerprint density at radius 1 is 0.945 bits per heavy atom. The number of carbonyl (C=O) groups is 4. The summed E-state index contributed by atoms with van der Waals surface area (Å²) < 4.78 is 5.42. The maximum atomic E-state index is 14.2. The van der Waals surface area contributed by atoms with Crippen LogP contribution in [0.15, 0.2) is 120 Å². The monoisotopic (exact) mass is 774 g/mol. The number of thiophene rings is 1. The summed E-state index contributed by atoms with van der Waals surface area (Å²) in [5.41, 5.74) is 2.41. The van der Waals surface area contributed by atoms with Crippen molar-refractivity contribution in [2.24, 2.45) is 5.92 Å². The summed E-state index contributed by atoms with van der Waals surface area (Å²) in [6.45, 7) is 4.14. The van der Waals surface area contributed by atoms with Gasteiger partial charge in [0.15, 0.2) is 0 Å². The molecule has 13 heteroatoms. The van der Waals surface area contributed by atoms with Crippen LogP contribution in [-0.2, 0) is 27.2 Å². The molecule has 0 spiro atoms. The Balaban J connectivity index is 1.27. The van der Waals surface area contributed by atoms with Crippen molar-refractivity contribution < 1.29 is 28.8 Å². The van der Waals surface area contributed by atoms with Gasteiger partial charge in [-0.15, -0.1) is 23.1 Å². The van der Waals surface area contributed by atoms with Gasteiger partial charge in [-0.05, 0) is 85.7 Å². The van der Waals surface area contributed by atoms with Gasteiger partial charge in [0.25, 0.3) is 17.5 Å². The lowest BCUT2D eigenvalue weighted by molar-refractivity contribution is -0.385. The number of ether oxygens (including phenoxy) is 1. The van der Waals surface area contributed by atoms with Crippen LogP contribution < -0.4 is 16.0 Å². The number of carbonyl (C=O) groups excluding carboxylic acids is 4. The van der Waals surface area contributed by atoms with Gasteiger partial charge in [0.2, 0.25) is 5.91 Å². The van der Waals surface area contributed by atoms with Crippen molar-refractivity contribution in [2.75, 3.05) is 17.2 Å². The molecule has 0 saturated carbocycles. The molecule has 2 atom stereocenters. The van der Waals surface area contributed by atoms with Gasteiger partial charge in [-0.3, -0.25) is 24.5 Å². The predicted octanol–water partition coefficient (Wildman–Crippen LogP) is 8.84. The number of nitrogens with one attached hydrogen (secondary N) is 3. The van der Waals surface area contributed by atoms with Crippen molar-refractivity contribution in [1.29, 1.82) is 0 Å². The number of para-hydroxylation sites is 1. The Labute approximate surface area is 326 Å². The highest BCUT2D eigenvalue weighted by molar-refractivity contribution is 8.00. The zero-order valence-electron chi connectivity index (χ0n) is 30.1. The van der Waals surface area contributed by atoms with E-state index >= 15 is 0 Å². The Bertz CT molecular complexity index is 2260. The van der Waals surface area contributed by atoms with Crippen LogP contribution in [0.5, 0.6) is 0 Å². The lowest BCUT2D eigenvalue weighted by Gasteiger charge is -2.19. The van der Waals surface area contributed by atoms with Gasteiger partial charge in [0.1, 0.15) is 15.9 Å². The van der Waals surface area contributed by atoms with Crippen molar-refractivity contribution in [3.05, 3.63) is 158 Å². The fraction of sp³-hybridized carbons (Fsp3) is 0.190. The van der Waals surface area contributed by atoms with E-state index in [1.165, 1.54) is 47.4 Å². The number of thioether (sulfide) groups is 1. The molecule has 1 aliphatic carbocycles. The Kier molecular flexibility index (Phi) is 12.5. The van der Waals surface area contributed by atoms with Crippen molar-refractivity contribution in [1.82, 2.24) is 5.32 Å². The van der Waals surface area contributed by atoms with Gasteiger partial charge in [-0.25, -0.2) is 4.79 Å². The fourth-order valence-electron chi connectivity index (χ4n) is 6.19. The zero-order chi connectivity index (χ0) is 38.9. The van der Waals surface area contributed by atoms with E-state index in [4.69, 9.17) is 4.74 Å². The molecule has 3 amide bonds. The van der Waals surface area contributed by atoms with E-state index in [1.807, 2.05) is 30.3 Å². The molecule has 2 unspecified atom stereocenters. The summed E-state index contributed by atoms with van der Waals surface area (Å²) in [5.74, 6) is -1.61. The Morgan fingerprint density at radius 2 is 1.65 bits per heavy atom. The van der Waals surface area contributed by atoms with Gasteiger partial charge in [0.05, 0.1) is 22.7 Å². The lowest BCUT2D eigenvalue weighted by Crippen LogP contribution is -2.30. The van der Waals surface area contributed by atoms with Crippen LogP contribution in [-0.4, -0.2) is 35.2 Å². The molecule has 0 bridgehead atoms. The summed E-state index contributed by atoms with van der Waals surface area (Å²) in [4.78, 5) is 67.3. The second-order valence-electron chi connectivity index (χ2n) is 12.9. The first-order valence-electron chi connectivity index (χ1n) is 17.7. The molecule has 55 heavy (non-hydrogen) atoms. The number of nitro groups is 1. The average molecular weight is 775 g/mol. The van der Waals surface area contributed by atoms with Gasteiger partial charge < -0.3 is 20.7 Å². The number of nitrogens with zero attached hydrogens (tertiary/aromatic N) is 1. The summed E-state index contributed by atoms with van der Waals surface area (Å²) >= 11 is 2.68. The van der Waals surface area contributed by atoms with Crippen LogP contribution in [0.2, 0.25) is 0 Å². The lowest BCUT2D eigenvalue weighted by atomic mass is 9.88. The fourth-order valence-corrected chi connectivity index (χ4v) is 8.68. The van der Waals surface area contributed by atoms with Crippen molar-refractivity contribution in [3.8, 4) is 0 Å². The van der Waals surface area contributed by atoms with Crippen LogP contribution in [0.3, 0.4) is 0 Å². The normalized spacial score (nSPS) is 14.2. The number of hydrogen-bond acceptors (Lipinski definition) is 9. The Hall–Kier alpha value is -6.05. The van der Waals surface area contributed by atoms with Gasteiger partial charge >= 0.3 is 5.97 Å². The van der Waals surface area contributed by atoms with Crippen molar-refractivity contribution in [2.45, 2.75) is 43.3 Å². The topological polar surface area (TPSA) is 157 Å². The molecule has 3 N–H and O–H groups in total. The molecule has 11 nitrogen and oxygen atoms in total. The molecule has 280 valence electrons. The molecular weight excluding hydrogens is 737 g/mol. The number of nitro benzene ring substituents is 1. The predicted molar refractivity (Wildman–Crippen MR) is 215 cm³/mol. The first-order valence-corrected chi connectivity index (χ1v) is 19.4. The van der Waals surface area contributed by atoms with Gasteiger partial charge in [-0.1, -0.05) is 73.7 Å². The van der Waals surface area contributed by atoms with Gasteiger partial charge in [0, 0.05) is 27.1 Å². The number of anilines is 2. The first kappa shape index (κ1) is 38.7. The second kappa shape index (κ2) is 17.9. The first-order chi connectivity index (χ1) is 26.6. The van der Waals surface area contributed by atoms with Crippen LogP contribution in [0.4, 0.5) is 16.4 Å². The summed E-state index contributed by atoms with van der Waals surface area (Å²) in [7, 11) is 0. The van der Waals surface area contributed by atoms with Crippen molar-refractivity contribution >= 4 is 69.2 Å². The highest BCUT2D eigenvalue weighted by atomic mass is 32.2. The number of amides is 3. The maximum Gasteiger partial charge on any atom is 0.341 e. The summed E-state index contributed by atoms with van der Waals surface area (Å²) in [6.07, 6.45) is 3.77. The zero-order valence-corrected chi connectivity index (χ0v) is 31.7. The minimum atomic E-state index is -0.750. The number of fused-ring (bicyclic) bond motifs is 1. The van der Waals surface area contributed by atoms with Crippen LogP contribution in [0, 0.1) is 16.0 Å². The van der Waals surface area contributed by atoms with E-state index in [1.54, 1.807) is 67.6 Å². The van der Waals surface area contributed by atoms with E-state index in [-0.39, 0.29) is 29.5 Å². The maximum absolute atomic E-state index is 14.2. The third-order valence-corrected chi connectivity index (χ3v) is 11.3. The van der Waals surface area contributed by atoms with Crippen molar-refractivity contribution in [3.63, 3.8) is 0 Å². The molecule has 0 aliphatic heterocycles. The van der Waals surface area contributed by atoms with E-state index in [0.717, 1.165) is 35.3 Å². The van der Waals surface area contributed by atoms with Crippen LogP contribution in [0.1, 0.15) is 67.8 Å². The molecule has 0 fully saturated rings. The molecule has 0 radical (unpaired) electrons. The van der Waals surface area contributed by atoms with Gasteiger partial charge in [-0.2, -0.15) is 0 Å². The summed E-state index contributed by atoms with van der Waals surface area (Å²) in [5, 5.41) is 19.9. The number of rotatable bonds is 13. The molecule has 1 aliphatic rings. The van der Waals surface area contributed by atoms with Crippen LogP contribution >= 0.6 is 23.1 Å². The highest BCUT2D eigenvalue weighted by Gasteiger charge is 2.31. The number of esters is 1. The standard InChI is InChI=1S/C42H38N4O7S2/c1-3-53-42(50)36-32-22-21-26(2)23-35(32)55-41(36)45-40(49)37(27-13-6-4-7-14-27)54-31-19-12-18-30(25-31)43-39(48)33(44-38(47)28-15-8-5-9-16-28)24-29-17-10-11-20-34(29)46(51)52/h4-20,24-26,37H,3,21-23H2,1-2H3,(H,43,48)(H,44,47)(H,45,49)/b33-24+. The number of benzene rings is 4. The third kappa shape index (κ3) is 9.55. The number of hydrogen-bond donors (Lipinski definition) is 3. The quantitative estimate of drug-likeness (QED) is 0.0352. The second-order valence-corrected chi connectivity index (χ2v) is 15.1. The minimum absolute atomic E-state index is 0.124. The van der Waals surface area contributed by atoms with E-state index in [2.05, 4.69) is 22.9 Å². The van der Waals surface area contributed by atoms with E-state index in [0.29, 0.717) is 32.6 Å². The molecule has 1 aromatic heterocycles. The molecule has 1 heterocycles. The molecule has 4 aromatic carbocycles. The molecule has 5 aromatic rings. The highest BCUT2D eigenvalue weighted by Crippen LogP contribution is 2.42. The molecular formula is C42H38N4O7S2.